The lowest BCUT2D eigenvalue weighted by atomic mass is 9.85. The third-order valence-electron chi connectivity index (χ3n) is 4.94. The largest absolute Gasteiger partial charge is 0.489 e. The van der Waals surface area contributed by atoms with E-state index in [0.717, 1.165) is 28.9 Å². The fourth-order valence-electron chi connectivity index (χ4n) is 3.45. The molecule has 1 nitrogen and oxygen atoms in total. The topological polar surface area (TPSA) is 9.23 Å². The highest BCUT2D eigenvalue weighted by molar-refractivity contribution is 6.30. The molecule has 0 radical (unpaired) electrons. The second-order valence-electron chi connectivity index (χ2n) is 6.85. The van der Waals surface area contributed by atoms with Gasteiger partial charge in [-0.15, -0.1) is 0 Å². The summed E-state index contributed by atoms with van der Waals surface area (Å²) in [5.74, 6) is -1.95. The lowest BCUT2D eigenvalue weighted by Crippen LogP contribution is -2.24. The van der Waals surface area contributed by atoms with Crippen molar-refractivity contribution in [2.45, 2.75) is 45.5 Å². The zero-order chi connectivity index (χ0) is 18.7. The van der Waals surface area contributed by atoms with Gasteiger partial charge in [-0.2, -0.15) is 0 Å². The maximum atomic E-state index is 14.0. The predicted octanol–water partition coefficient (Wildman–Crippen LogP) is 6.86. The molecule has 138 valence electrons. The Hall–Kier alpha value is -1.87. The highest BCUT2D eigenvalue weighted by Gasteiger charge is 2.35. The minimum absolute atomic E-state index is 0.126. The number of hydrogen-bond donors (Lipinski definition) is 0. The molecule has 0 saturated carbocycles. The van der Waals surface area contributed by atoms with Crippen LogP contribution in [-0.4, -0.2) is 12.5 Å². The van der Waals surface area contributed by atoms with Crippen molar-refractivity contribution in [2.75, 3.05) is 6.61 Å². The second kappa shape index (κ2) is 7.79. The Bertz CT molecular complexity index is 809. The number of allylic oxidation sites excluding steroid dienone is 1. The van der Waals surface area contributed by atoms with Gasteiger partial charge in [-0.1, -0.05) is 36.7 Å². The van der Waals surface area contributed by atoms with Gasteiger partial charge in [-0.05, 0) is 71.9 Å². The molecule has 0 atom stereocenters. The summed E-state index contributed by atoms with van der Waals surface area (Å²) in [5, 5.41) is 0.639. The lowest BCUT2D eigenvalue weighted by Gasteiger charge is -2.27. The molecule has 0 saturated heterocycles. The van der Waals surface area contributed by atoms with E-state index < -0.39 is 5.92 Å². The molecule has 26 heavy (non-hydrogen) atoms. The van der Waals surface area contributed by atoms with E-state index in [1.54, 1.807) is 12.1 Å². The highest BCUT2D eigenvalue weighted by atomic mass is 35.5. The van der Waals surface area contributed by atoms with E-state index in [9.17, 15) is 8.78 Å². The van der Waals surface area contributed by atoms with Crippen LogP contribution in [-0.2, 0) is 6.42 Å². The maximum Gasteiger partial charge on any atom is 0.252 e. The third kappa shape index (κ3) is 4.45. The number of rotatable bonds is 5. The molecule has 3 rings (SSSR count). The normalized spacial score (nSPS) is 16.7. The van der Waals surface area contributed by atoms with Gasteiger partial charge >= 0.3 is 0 Å². The summed E-state index contributed by atoms with van der Waals surface area (Å²) >= 11 is 5.95. The maximum absolute atomic E-state index is 14.0. The number of halogens is 3. The van der Waals surface area contributed by atoms with Crippen molar-refractivity contribution in [3.05, 3.63) is 69.8 Å². The molecule has 4 heteroatoms. The Kier molecular flexibility index (Phi) is 5.67. The summed E-state index contributed by atoms with van der Waals surface area (Å²) in [4.78, 5) is 0. The Morgan fingerprint density at radius 2 is 1.85 bits per heavy atom. The number of aryl methyl sites for hydroxylation is 2. The predicted molar refractivity (Wildman–Crippen MR) is 103 cm³/mol. The number of benzene rings is 2. The van der Waals surface area contributed by atoms with E-state index in [1.807, 2.05) is 37.3 Å². The van der Waals surface area contributed by atoms with Gasteiger partial charge < -0.3 is 4.74 Å². The zero-order valence-electron chi connectivity index (χ0n) is 15.1. The van der Waals surface area contributed by atoms with Crippen LogP contribution in [0.2, 0.25) is 5.02 Å². The summed E-state index contributed by atoms with van der Waals surface area (Å²) in [5.41, 5.74) is 4.99. The quantitative estimate of drug-likeness (QED) is 0.553. The average Bonchev–Trinajstić information content (AvgIpc) is 2.60. The van der Waals surface area contributed by atoms with Crippen LogP contribution in [0.15, 0.2) is 48.0 Å². The summed E-state index contributed by atoms with van der Waals surface area (Å²) < 4.78 is 33.8. The molecule has 0 amide bonds. The Labute approximate surface area is 158 Å². The van der Waals surface area contributed by atoms with Gasteiger partial charge in [0.15, 0.2) is 0 Å². The second-order valence-corrected chi connectivity index (χ2v) is 7.29. The molecule has 0 N–H and O–H groups in total. The molecule has 0 aromatic heterocycles. The minimum Gasteiger partial charge on any atom is -0.489 e. The van der Waals surface area contributed by atoms with Crippen LogP contribution in [0.3, 0.4) is 0 Å². The van der Waals surface area contributed by atoms with Crippen LogP contribution >= 0.6 is 11.6 Å². The molecule has 0 bridgehead atoms. The Balaban J connectivity index is 1.84. The van der Waals surface area contributed by atoms with Crippen LogP contribution in [0.4, 0.5) is 8.78 Å². The fraction of sp³-hybridized carbons (Fsp3) is 0.364. The van der Waals surface area contributed by atoms with Gasteiger partial charge in [0.25, 0.3) is 5.92 Å². The van der Waals surface area contributed by atoms with Crippen molar-refractivity contribution >= 4 is 17.2 Å². The molecule has 0 unspecified atom stereocenters. The average molecular weight is 377 g/mol. The first-order valence-electron chi connectivity index (χ1n) is 8.95. The van der Waals surface area contributed by atoms with E-state index in [1.165, 1.54) is 5.56 Å². The fourth-order valence-corrected chi connectivity index (χ4v) is 3.58. The SMILES string of the molecule is CCc1ccc(OCC2=C(c3ccc(Cl)cc3)CCC(F)(F)C2)cc1C. The van der Waals surface area contributed by atoms with Crippen molar-refractivity contribution in [1.82, 2.24) is 0 Å². The molecular formula is C22H23ClF2O. The molecule has 2 aromatic carbocycles. The van der Waals surface area contributed by atoms with Gasteiger partial charge in [-0.3, -0.25) is 0 Å². The molecule has 0 spiro atoms. The molecule has 0 aliphatic heterocycles. The number of ether oxygens (including phenoxy) is 1. The van der Waals surface area contributed by atoms with Crippen LogP contribution in [0, 0.1) is 6.92 Å². The van der Waals surface area contributed by atoms with E-state index in [-0.39, 0.29) is 19.4 Å². The van der Waals surface area contributed by atoms with Crippen LogP contribution < -0.4 is 4.74 Å². The molecule has 1 aliphatic carbocycles. The molecule has 1 aliphatic rings. The van der Waals surface area contributed by atoms with Crippen LogP contribution in [0.25, 0.3) is 5.57 Å². The minimum atomic E-state index is -2.67. The summed E-state index contributed by atoms with van der Waals surface area (Å²) in [7, 11) is 0. The van der Waals surface area contributed by atoms with Crippen molar-refractivity contribution < 1.29 is 13.5 Å². The van der Waals surface area contributed by atoms with E-state index >= 15 is 0 Å². The Morgan fingerprint density at radius 1 is 1.12 bits per heavy atom. The van der Waals surface area contributed by atoms with Gasteiger partial charge in [0, 0.05) is 17.9 Å². The van der Waals surface area contributed by atoms with Crippen LogP contribution in [0.1, 0.15) is 42.9 Å². The first-order valence-corrected chi connectivity index (χ1v) is 9.33. The van der Waals surface area contributed by atoms with Crippen molar-refractivity contribution in [3.63, 3.8) is 0 Å². The number of alkyl halides is 2. The monoisotopic (exact) mass is 376 g/mol. The van der Waals surface area contributed by atoms with E-state index in [0.29, 0.717) is 17.0 Å². The smallest absolute Gasteiger partial charge is 0.252 e. The molecule has 0 heterocycles. The summed E-state index contributed by atoms with van der Waals surface area (Å²) in [6.07, 6.45) is 0.932. The lowest BCUT2D eigenvalue weighted by molar-refractivity contribution is -0.0112. The van der Waals surface area contributed by atoms with Gasteiger partial charge in [0.05, 0.1) is 0 Å². The molecule has 2 aromatic rings. The Morgan fingerprint density at radius 3 is 2.50 bits per heavy atom. The van der Waals surface area contributed by atoms with Gasteiger partial charge in [0.2, 0.25) is 0 Å². The van der Waals surface area contributed by atoms with Gasteiger partial charge in [-0.25, -0.2) is 8.78 Å². The van der Waals surface area contributed by atoms with E-state index in [2.05, 4.69) is 6.92 Å². The molecular weight excluding hydrogens is 354 g/mol. The van der Waals surface area contributed by atoms with Gasteiger partial charge in [0.1, 0.15) is 12.4 Å². The third-order valence-corrected chi connectivity index (χ3v) is 5.19. The van der Waals surface area contributed by atoms with Crippen molar-refractivity contribution in [1.29, 1.82) is 0 Å². The first kappa shape index (κ1) is 18.9. The summed E-state index contributed by atoms with van der Waals surface area (Å²) in [6, 6.07) is 13.3. The summed E-state index contributed by atoms with van der Waals surface area (Å²) in [6.45, 7) is 4.33. The van der Waals surface area contributed by atoms with E-state index in [4.69, 9.17) is 16.3 Å². The van der Waals surface area contributed by atoms with Crippen LogP contribution in [0.5, 0.6) is 5.75 Å². The zero-order valence-corrected chi connectivity index (χ0v) is 15.9. The standard InChI is InChI=1S/C22H23ClF2O/c1-3-16-6-9-20(12-15(16)2)26-14-18-13-22(24,25)11-10-21(18)17-4-7-19(23)8-5-17/h4-9,12H,3,10-11,13-14H2,1-2H3. The van der Waals surface area contributed by atoms with Crippen molar-refractivity contribution in [2.24, 2.45) is 0 Å². The number of hydrogen-bond acceptors (Lipinski definition) is 1. The highest BCUT2D eigenvalue weighted by Crippen LogP contribution is 2.41. The first-order chi connectivity index (χ1) is 12.4. The molecule has 0 fully saturated rings. The van der Waals surface area contributed by atoms with Crippen molar-refractivity contribution in [3.8, 4) is 5.75 Å².